The molecule has 1 aliphatic heterocycles. The van der Waals surface area contributed by atoms with Crippen molar-refractivity contribution in [2.45, 2.75) is 36.8 Å². The lowest BCUT2D eigenvalue weighted by molar-refractivity contribution is 0.443. The Morgan fingerprint density at radius 3 is 2.71 bits per heavy atom. The third kappa shape index (κ3) is 2.51. The first-order valence-electron chi connectivity index (χ1n) is 6.62. The van der Waals surface area contributed by atoms with E-state index in [9.17, 15) is 8.42 Å². The Kier molecular flexibility index (Phi) is 3.02. The number of nitrogens with zero attached hydrogens (tertiary/aromatic N) is 2. The van der Waals surface area contributed by atoms with Gasteiger partial charge in [0, 0.05) is 12.4 Å². The lowest BCUT2D eigenvalue weighted by Gasteiger charge is -2.19. The fraction of sp³-hybridized carbons (Fsp3) is 0.333. The topological polar surface area (TPSA) is 69.2 Å². The zero-order valence-electron chi connectivity index (χ0n) is 12.1. The summed E-state index contributed by atoms with van der Waals surface area (Å²) in [7, 11) is -3.52. The number of fused-ring (bicyclic) bond motifs is 2. The van der Waals surface area contributed by atoms with Crippen molar-refractivity contribution in [3.05, 3.63) is 41.9 Å². The summed E-state index contributed by atoms with van der Waals surface area (Å²) < 4.78 is 30.8. The van der Waals surface area contributed by atoms with Crippen LogP contribution in [0.15, 0.2) is 35.5 Å². The van der Waals surface area contributed by atoms with Crippen molar-refractivity contribution >= 4 is 9.84 Å². The smallest absolute Gasteiger partial charge is 0.238 e. The minimum atomic E-state index is -3.52. The Labute approximate surface area is 123 Å². The van der Waals surface area contributed by atoms with Crippen molar-refractivity contribution in [1.29, 1.82) is 0 Å². The Hall–Kier alpha value is -1.95. The van der Waals surface area contributed by atoms with Crippen molar-refractivity contribution in [3.63, 3.8) is 0 Å². The average molecular weight is 304 g/mol. The summed E-state index contributed by atoms with van der Waals surface area (Å²) in [4.78, 5) is 8.44. The van der Waals surface area contributed by atoms with Crippen LogP contribution in [0.1, 0.15) is 32.0 Å². The molecule has 3 heterocycles. The molecular weight excluding hydrogens is 288 g/mol. The van der Waals surface area contributed by atoms with Crippen LogP contribution in [-0.2, 0) is 21.0 Å². The summed E-state index contributed by atoms with van der Waals surface area (Å²) in [6, 6.07) is 5.07. The zero-order chi connectivity index (χ0) is 15.3. The molecule has 0 unspecified atom stereocenters. The molecule has 21 heavy (non-hydrogen) atoms. The molecule has 0 N–H and O–H groups in total. The summed E-state index contributed by atoms with van der Waals surface area (Å²) in [5.41, 5.74) is 1.08. The Balaban J connectivity index is 2.21. The highest BCUT2D eigenvalue weighted by Gasteiger charge is 2.30. The first-order chi connectivity index (χ1) is 9.77. The monoisotopic (exact) mass is 304 g/mol. The first-order valence-corrected chi connectivity index (χ1v) is 8.28. The molecule has 0 atom stereocenters. The maximum Gasteiger partial charge on any atom is 0.238 e. The molecular formula is C15H16N2O3S. The van der Waals surface area contributed by atoms with Gasteiger partial charge in [0.05, 0.1) is 5.69 Å². The van der Waals surface area contributed by atoms with E-state index < -0.39 is 9.84 Å². The molecule has 5 nitrogen and oxygen atoms in total. The molecule has 1 aliphatic rings. The maximum absolute atomic E-state index is 12.6. The second-order valence-corrected chi connectivity index (χ2v) is 8.04. The van der Waals surface area contributed by atoms with Crippen LogP contribution in [0.3, 0.4) is 0 Å². The lowest BCUT2D eigenvalue weighted by Crippen LogP contribution is -2.14. The number of hydrogen-bond acceptors (Lipinski definition) is 5. The summed E-state index contributed by atoms with van der Waals surface area (Å²) >= 11 is 0. The number of ether oxygens (including phenoxy) is 1. The van der Waals surface area contributed by atoms with Crippen LogP contribution in [0.25, 0.3) is 0 Å². The van der Waals surface area contributed by atoms with Gasteiger partial charge >= 0.3 is 0 Å². The highest BCUT2D eigenvalue weighted by molar-refractivity contribution is 7.90. The van der Waals surface area contributed by atoms with E-state index in [1.807, 2.05) is 20.8 Å². The molecule has 2 aromatic heterocycles. The van der Waals surface area contributed by atoms with Crippen LogP contribution in [0.2, 0.25) is 0 Å². The van der Waals surface area contributed by atoms with Gasteiger partial charge in [-0.2, -0.15) is 0 Å². The van der Waals surface area contributed by atoms with E-state index in [-0.39, 0.29) is 21.9 Å². The van der Waals surface area contributed by atoms with E-state index in [2.05, 4.69) is 9.97 Å². The SMILES string of the molecule is CC(C)(C)c1cnc2c(c1)S(=O)(=O)Cc1ncccc1O2. The van der Waals surface area contributed by atoms with Gasteiger partial charge in [0.2, 0.25) is 5.88 Å². The summed E-state index contributed by atoms with van der Waals surface area (Å²) in [6.45, 7) is 6.03. The Bertz CT molecular complexity index is 808. The molecule has 0 aliphatic carbocycles. The van der Waals surface area contributed by atoms with Crippen LogP contribution in [0, 0.1) is 0 Å². The minimum absolute atomic E-state index is 0.120. The van der Waals surface area contributed by atoms with Gasteiger partial charge < -0.3 is 4.74 Å². The van der Waals surface area contributed by atoms with Crippen molar-refractivity contribution in [2.24, 2.45) is 0 Å². The summed E-state index contributed by atoms with van der Waals surface area (Å²) in [5, 5.41) is 0. The molecule has 0 fully saturated rings. The third-order valence-electron chi connectivity index (χ3n) is 3.40. The third-order valence-corrected chi connectivity index (χ3v) is 5.02. The maximum atomic E-state index is 12.6. The highest BCUT2D eigenvalue weighted by Crippen LogP contribution is 2.37. The van der Waals surface area contributed by atoms with Gasteiger partial charge in [-0.05, 0) is 29.2 Å². The molecule has 0 spiro atoms. The van der Waals surface area contributed by atoms with Crippen LogP contribution in [0.4, 0.5) is 0 Å². The molecule has 0 aromatic carbocycles. The normalized spacial score (nSPS) is 16.3. The predicted molar refractivity (Wildman–Crippen MR) is 78.1 cm³/mol. The molecule has 110 valence electrons. The van der Waals surface area contributed by atoms with Gasteiger partial charge in [-0.15, -0.1) is 0 Å². The van der Waals surface area contributed by atoms with Gasteiger partial charge in [-0.25, -0.2) is 13.4 Å². The number of rotatable bonds is 0. The van der Waals surface area contributed by atoms with Crippen molar-refractivity contribution < 1.29 is 13.2 Å². The number of pyridine rings is 2. The quantitative estimate of drug-likeness (QED) is 0.748. The molecule has 0 amide bonds. The molecule has 0 saturated heterocycles. The molecule has 6 heteroatoms. The molecule has 2 aromatic rings. The van der Waals surface area contributed by atoms with E-state index in [0.29, 0.717) is 11.4 Å². The minimum Gasteiger partial charge on any atom is -0.436 e. The van der Waals surface area contributed by atoms with Crippen LogP contribution in [-0.4, -0.2) is 18.4 Å². The van der Waals surface area contributed by atoms with E-state index in [1.54, 1.807) is 30.6 Å². The summed E-state index contributed by atoms with van der Waals surface area (Å²) in [5.74, 6) is 0.386. The van der Waals surface area contributed by atoms with Crippen molar-refractivity contribution in [2.75, 3.05) is 0 Å². The molecule has 3 rings (SSSR count). The number of hydrogen-bond donors (Lipinski definition) is 0. The van der Waals surface area contributed by atoms with Crippen molar-refractivity contribution in [1.82, 2.24) is 9.97 Å². The largest absolute Gasteiger partial charge is 0.436 e. The van der Waals surface area contributed by atoms with Gasteiger partial charge in [0.1, 0.15) is 10.6 Å². The zero-order valence-corrected chi connectivity index (χ0v) is 12.9. The second kappa shape index (κ2) is 4.53. The second-order valence-electron chi connectivity index (χ2n) is 6.09. The van der Waals surface area contributed by atoms with Gasteiger partial charge in [0.25, 0.3) is 0 Å². The average Bonchev–Trinajstić information content (AvgIpc) is 2.50. The predicted octanol–water partition coefficient (Wildman–Crippen LogP) is 2.85. The number of aromatic nitrogens is 2. The van der Waals surface area contributed by atoms with E-state index in [1.165, 1.54) is 0 Å². The molecule has 0 bridgehead atoms. The Morgan fingerprint density at radius 1 is 1.24 bits per heavy atom. The van der Waals surface area contributed by atoms with E-state index in [4.69, 9.17) is 4.74 Å². The van der Waals surface area contributed by atoms with Crippen LogP contribution in [0.5, 0.6) is 11.6 Å². The number of sulfone groups is 1. The first kappa shape index (κ1) is 14.0. The molecule has 0 radical (unpaired) electrons. The fourth-order valence-electron chi connectivity index (χ4n) is 2.13. The van der Waals surface area contributed by atoms with Gasteiger partial charge in [-0.3, -0.25) is 4.98 Å². The van der Waals surface area contributed by atoms with Gasteiger partial charge in [-0.1, -0.05) is 20.8 Å². The van der Waals surface area contributed by atoms with Crippen LogP contribution >= 0.6 is 0 Å². The summed E-state index contributed by atoms with van der Waals surface area (Å²) in [6.07, 6.45) is 3.22. The van der Waals surface area contributed by atoms with Gasteiger partial charge in [0.15, 0.2) is 15.6 Å². The van der Waals surface area contributed by atoms with E-state index in [0.717, 1.165) is 5.56 Å². The highest BCUT2D eigenvalue weighted by atomic mass is 32.2. The van der Waals surface area contributed by atoms with Crippen LogP contribution < -0.4 is 4.74 Å². The Morgan fingerprint density at radius 2 is 2.00 bits per heavy atom. The standard InChI is InChI=1S/C15H16N2O3S/c1-15(2,3)10-7-13-14(17-8-10)20-12-5-4-6-16-11(12)9-21(13,18)19/h4-8H,9H2,1-3H3. The fourth-order valence-corrected chi connectivity index (χ4v) is 3.53. The lowest BCUT2D eigenvalue weighted by atomic mass is 9.88. The molecule has 0 saturated carbocycles. The van der Waals surface area contributed by atoms with E-state index >= 15 is 0 Å². The van der Waals surface area contributed by atoms with Crippen molar-refractivity contribution in [3.8, 4) is 11.6 Å².